The largest absolute Gasteiger partial charge is 0.459 e. The molecule has 0 bridgehead atoms. The van der Waals surface area contributed by atoms with Crippen molar-refractivity contribution in [2.45, 2.75) is 27.3 Å². The van der Waals surface area contributed by atoms with E-state index in [0.29, 0.717) is 37.8 Å². The number of rotatable bonds is 9. The maximum Gasteiger partial charge on any atom is 0.291 e. The number of nitrogens with one attached hydrogen (secondary N) is 2. The molecule has 170 valence electrons. The monoisotopic (exact) mass is 541 g/mol. The average Bonchev–Trinajstić information content (AvgIpc) is 3.27. The summed E-state index contributed by atoms with van der Waals surface area (Å²) in [5.41, 5.74) is 1.60. The van der Waals surface area contributed by atoms with Crippen LogP contribution in [0.5, 0.6) is 0 Å². The van der Waals surface area contributed by atoms with Crippen LogP contribution >= 0.6 is 24.0 Å². The summed E-state index contributed by atoms with van der Waals surface area (Å²) in [4.78, 5) is 32.8. The van der Waals surface area contributed by atoms with Crippen LogP contribution in [0.25, 0.3) is 0 Å². The van der Waals surface area contributed by atoms with Gasteiger partial charge < -0.3 is 24.9 Å². The van der Waals surface area contributed by atoms with Gasteiger partial charge in [-0.15, -0.1) is 24.0 Å². The number of hydrogen-bond acceptors (Lipinski definition) is 4. The molecule has 0 spiro atoms. The summed E-state index contributed by atoms with van der Waals surface area (Å²) >= 11 is 0. The van der Waals surface area contributed by atoms with Gasteiger partial charge in [0.15, 0.2) is 11.7 Å². The normalized spacial score (nSPS) is 10.8. The average molecular weight is 541 g/mol. The molecule has 31 heavy (non-hydrogen) atoms. The van der Waals surface area contributed by atoms with Gasteiger partial charge in [-0.25, -0.2) is 4.99 Å². The van der Waals surface area contributed by atoms with Crippen LogP contribution in [0.3, 0.4) is 0 Å². The molecule has 0 unspecified atom stereocenters. The number of aliphatic imine (C=N–C) groups is 1. The van der Waals surface area contributed by atoms with Gasteiger partial charge in [-0.2, -0.15) is 0 Å². The molecule has 0 aliphatic carbocycles. The number of nitrogens with zero attached hydrogens (tertiary/aromatic N) is 3. The Hall–Kier alpha value is -2.56. The fourth-order valence-corrected chi connectivity index (χ4v) is 2.94. The van der Waals surface area contributed by atoms with Crippen LogP contribution in [0.1, 0.15) is 36.9 Å². The summed E-state index contributed by atoms with van der Waals surface area (Å²) in [6, 6.07) is 10.8. The summed E-state index contributed by atoms with van der Waals surface area (Å²) in [6.07, 6.45) is 1.46. The molecule has 0 radical (unpaired) electrons. The Morgan fingerprint density at radius 1 is 1.10 bits per heavy atom. The molecule has 1 heterocycles. The van der Waals surface area contributed by atoms with E-state index in [9.17, 15) is 9.59 Å². The summed E-state index contributed by atoms with van der Waals surface area (Å²) in [5, 5.41) is 6.04. The molecule has 2 aromatic rings. The molecular weight excluding hydrogens is 509 g/mol. The zero-order valence-electron chi connectivity index (χ0n) is 18.6. The zero-order valence-corrected chi connectivity index (χ0v) is 20.9. The van der Waals surface area contributed by atoms with Gasteiger partial charge in [0.1, 0.15) is 0 Å². The minimum atomic E-state index is -0.302. The van der Waals surface area contributed by atoms with Gasteiger partial charge in [0.25, 0.3) is 5.91 Å². The standard InChI is InChI=1S/C22H31N5O3.HI/c1-5-23-22(26(4)16-20(28)27(6-2)7-3)24-15-17-10-8-11-18(14-17)25-21(29)19-12-9-13-30-19;/h8-14H,5-7,15-16H2,1-4H3,(H,23,24)(H,25,29);1H. The molecule has 2 rings (SSSR count). The highest BCUT2D eigenvalue weighted by molar-refractivity contribution is 14.0. The second-order valence-corrected chi connectivity index (χ2v) is 6.72. The molecule has 0 atom stereocenters. The van der Waals surface area contributed by atoms with Crippen molar-refractivity contribution < 1.29 is 14.0 Å². The Morgan fingerprint density at radius 2 is 1.84 bits per heavy atom. The van der Waals surface area contributed by atoms with E-state index in [2.05, 4.69) is 15.6 Å². The first-order valence-corrected chi connectivity index (χ1v) is 10.2. The third-order valence-corrected chi connectivity index (χ3v) is 4.53. The first-order chi connectivity index (χ1) is 14.5. The first-order valence-electron chi connectivity index (χ1n) is 10.2. The van der Waals surface area contributed by atoms with Crippen LogP contribution in [0.4, 0.5) is 5.69 Å². The molecule has 1 aromatic carbocycles. The Bertz CT molecular complexity index is 851. The number of carbonyl (C=O) groups is 2. The summed E-state index contributed by atoms with van der Waals surface area (Å²) < 4.78 is 5.12. The Balaban J connectivity index is 0.00000480. The highest BCUT2D eigenvalue weighted by Gasteiger charge is 2.15. The quantitative estimate of drug-likeness (QED) is 0.289. The van der Waals surface area contributed by atoms with E-state index in [-0.39, 0.29) is 48.1 Å². The summed E-state index contributed by atoms with van der Waals surface area (Å²) in [7, 11) is 1.85. The second kappa shape index (κ2) is 13.7. The van der Waals surface area contributed by atoms with Crippen molar-refractivity contribution in [3.63, 3.8) is 0 Å². The lowest BCUT2D eigenvalue weighted by molar-refractivity contribution is -0.131. The van der Waals surface area contributed by atoms with Crippen molar-refractivity contribution in [3.8, 4) is 0 Å². The van der Waals surface area contributed by atoms with Crippen LogP contribution < -0.4 is 10.6 Å². The highest BCUT2D eigenvalue weighted by Crippen LogP contribution is 2.13. The minimum Gasteiger partial charge on any atom is -0.459 e. The predicted octanol–water partition coefficient (Wildman–Crippen LogP) is 3.42. The van der Waals surface area contributed by atoms with Gasteiger partial charge in [-0.3, -0.25) is 9.59 Å². The van der Waals surface area contributed by atoms with Crippen molar-refractivity contribution in [3.05, 3.63) is 54.0 Å². The smallest absolute Gasteiger partial charge is 0.291 e. The number of furan rings is 1. The van der Waals surface area contributed by atoms with Gasteiger partial charge in [0, 0.05) is 32.4 Å². The predicted molar refractivity (Wildman–Crippen MR) is 134 cm³/mol. The van der Waals surface area contributed by atoms with E-state index < -0.39 is 0 Å². The number of amides is 2. The van der Waals surface area contributed by atoms with E-state index in [1.54, 1.807) is 17.0 Å². The SMILES string of the molecule is CCNC(=NCc1cccc(NC(=O)c2ccco2)c1)N(C)CC(=O)N(CC)CC.I. The molecule has 0 saturated carbocycles. The molecule has 0 aliphatic rings. The number of hydrogen-bond donors (Lipinski definition) is 2. The summed E-state index contributed by atoms with van der Waals surface area (Å²) in [5.74, 6) is 0.676. The molecule has 2 N–H and O–H groups in total. The van der Waals surface area contributed by atoms with Crippen LogP contribution in [0.2, 0.25) is 0 Å². The number of benzene rings is 1. The van der Waals surface area contributed by atoms with Crippen molar-refractivity contribution in [1.29, 1.82) is 0 Å². The third-order valence-electron chi connectivity index (χ3n) is 4.53. The van der Waals surface area contributed by atoms with Gasteiger partial charge >= 0.3 is 0 Å². The van der Waals surface area contributed by atoms with Crippen LogP contribution in [-0.4, -0.2) is 60.8 Å². The Morgan fingerprint density at radius 3 is 2.45 bits per heavy atom. The number of guanidine groups is 1. The molecule has 9 heteroatoms. The number of carbonyl (C=O) groups excluding carboxylic acids is 2. The fourth-order valence-electron chi connectivity index (χ4n) is 2.94. The van der Waals surface area contributed by atoms with E-state index >= 15 is 0 Å². The lowest BCUT2D eigenvalue weighted by Gasteiger charge is -2.25. The van der Waals surface area contributed by atoms with E-state index in [0.717, 1.165) is 5.56 Å². The lowest BCUT2D eigenvalue weighted by atomic mass is 10.2. The second-order valence-electron chi connectivity index (χ2n) is 6.72. The van der Waals surface area contributed by atoms with Crippen molar-refractivity contribution in [2.75, 3.05) is 38.5 Å². The van der Waals surface area contributed by atoms with Crippen molar-refractivity contribution in [1.82, 2.24) is 15.1 Å². The van der Waals surface area contributed by atoms with Gasteiger partial charge in [-0.05, 0) is 50.6 Å². The molecule has 2 amide bonds. The first kappa shape index (κ1) is 26.5. The molecule has 0 saturated heterocycles. The molecule has 0 aliphatic heterocycles. The number of anilines is 1. The topological polar surface area (TPSA) is 90.2 Å². The third kappa shape index (κ3) is 8.23. The number of halogens is 1. The molecule has 0 fully saturated rings. The van der Waals surface area contributed by atoms with Crippen LogP contribution in [0.15, 0.2) is 52.1 Å². The van der Waals surface area contributed by atoms with E-state index in [1.807, 2.05) is 57.0 Å². The van der Waals surface area contributed by atoms with Gasteiger partial charge in [0.2, 0.25) is 5.91 Å². The van der Waals surface area contributed by atoms with Crippen LogP contribution in [0, 0.1) is 0 Å². The minimum absolute atomic E-state index is 0. The fraction of sp³-hybridized carbons (Fsp3) is 0.409. The number of likely N-dealkylation sites (N-methyl/N-ethyl adjacent to an activating group) is 2. The van der Waals surface area contributed by atoms with Gasteiger partial charge in [-0.1, -0.05) is 12.1 Å². The van der Waals surface area contributed by atoms with E-state index in [1.165, 1.54) is 6.26 Å². The Kier molecular flexibility index (Phi) is 11.7. The molecule has 1 aromatic heterocycles. The van der Waals surface area contributed by atoms with Gasteiger partial charge in [0.05, 0.1) is 19.4 Å². The highest BCUT2D eigenvalue weighted by atomic mass is 127. The van der Waals surface area contributed by atoms with Crippen molar-refractivity contribution in [2.24, 2.45) is 4.99 Å². The summed E-state index contributed by atoms with van der Waals surface area (Å²) in [6.45, 7) is 8.67. The lowest BCUT2D eigenvalue weighted by Crippen LogP contribution is -2.45. The van der Waals surface area contributed by atoms with Crippen LogP contribution in [-0.2, 0) is 11.3 Å². The Labute approximate surface area is 201 Å². The maximum atomic E-state index is 12.4. The van der Waals surface area contributed by atoms with Crippen molar-refractivity contribution >= 4 is 47.4 Å². The molecular formula is C22H32IN5O3. The van der Waals surface area contributed by atoms with E-state index in [4.69, 9.17) is 4.42 Å². The zero-order chi connectivity index (χ0) is 21.9. The molecule has 8 nitrogen and oxygen atoms in total. The maximum absolute atomic E-state index is 12.4.